The lowest BCUT2D eigenvalue weighted by Crippen LogP contribution is -2.32. The van der Waals surface area contributed by atoms with Gasteiger partial charge in [-0.05, 0) is 42.8 Å². The average molecular weight is 346 g/mol. The summed E-state index contributed by atoms with van der Waals surface area (Å²) in [6.07, 6.45) is 0. The summed E-state index contributed by atoms with van der Waals surface area (Å²) in [7, 11) is 0. The van der Waals surface area contributed by atoms with Crippen LogP contribution in [0.5, 0.6) is 5.75 Å². The lowest BCUT2D eigenvalue weighted by molar-refractivity contribution is -0.124. The number of halogens is 1. The largest absolute Gasteiger partial charge is 0.492 e. The number of hydrogen-bond acceptors (Lipinski definition) is 5. The van der Waals surface area contributed by atoms with Crippen LogP contribution in [0, 0.1) is 12.7 Å². The molecule has 0 unspecified atom stereocenters. The number of benzene rings is 2. The Hall–Kier alpha value is -3.09. The first-order valence-electron chi connectivity index (χ1n) is 7.64. The summed E-state index contributed by atoms with van der Waals surface area (Å²) < 4.78 is 23.3. The zero-order chi connectivity index (χ0) is 18.2. The number of carbonyl (C=O) groups excluding carboxylic acids is 2. The molecule has 3 N–H and O–H groups in total. The van der Waals surface area contributed by atoms with E-state index in [1.165, 1.54) is 6.07 Å². The highest BCUT2D eigenvalue weighted by molar-refractivity contribution is 5.96. The molecule has 7 heteroatoms. The van der Waals surface area contributed by atoms with Crippen molar-refractivity contribution >= 4 is 17.6 Å². The smallest absolute Gasteiger partial charge is 0.340 e. The molecule has 0 radical (unpaired) electrons. The molecule has 0 aromatic heterocycles. The van der Waals surface area contributed by atoms with Gasteiger partial charge in [-0.2, -0.15) is 0 Å². The van der Waals surface area contributed by atoms with E-state index in [1.807, 2.05) is 31.2 Å². The van der Waals surface area contributed by atoms with Crippen molar-refractivity contribution in [3.05, 3.63) is 59.4 Å². The fourth-order valence-electron chi connectivity index (χ4n) is 2.04. The first-order valence-corrected chi connectivity index (χ1v) is 7.64. The van der Waals surface area contributed by atoms with E-state index in [0.717, 1.165) is 17.7 Å². The Morgan fingerprint density at radius 2 is 2.00 bits per heavy atom. The van der Waals surface area contributed by atoms with Crippen LogP contribution in [-0.4, -0.2) is 31.6 Å². The van der Waals surface area contributed by atoms with E-state index in [1.54, 1.807) is 0 Å². The second-order valence-corrected chi connectivity index (χ2v) is 5.32. The van der Waals surface area contributed by atoms with Crippen LogP contribution in [0.15, 0.2) is 42.5 Å². The van der Waals surface area contributed by atoms with E-state index < -0.39 is 24.3 Å². The summed E-state index contributed by atoms with van der Waals surface area (Å²) in [5, 5.41) is 2.57. The van der Waals surface area contributed by atoms with Crippen LogP contribution >= 0.6 is 0 Å². The zero-order valence-electron chi connectivity index (χ0n) is 13.8. The van der Waals surface area contributed by atoms with E-state index in [4.69, 9.17) is 15.2 Å². The monoisotopic (exact) mass is 346 g/mol. The van der Waals surface area contributed by atoms with Gasteiger partial charge in [0, 0.05) is 5.69 Å². The quantitative estimate of drug-likeness (QED) is 0.455. The molecule has 25 heavy (non-hydrogen) atoms. The third-order valence-electron chi connectivity index (χ3n) is 3.25. The predicted octanol–water partition coefficient (Wildman–Crippen LogP) is 2.07. The van der Waals surface area contributed by atoms with Gasteiger partial charge in [0.1, 0.15) is 18.2 Å². The van der Waals surface area contributed by atoms with Crippen molar-refractivity contribution in [2.24, 2.45) is 0 Å². The van der Waals surface area contributed by atoms with Crippen LogP contribution in [0.3, 0.4) is 0 Å². The van der Waals surface area contributed by atoms with Gasteiger partial charge in [0.15, 0.2) is 6.61 Å². The van der Waals surface area contributed by atoms with Crippen LogP contribution in [0.4, 0.5) is 10.1 Å². The number of nitrogens with one attached hydrogen (secondary N) is 1. The third-order valence-corrected chi connectivity index (χ3v) is 3.25. The van der Waals surface area contributed by atoms with Gasteiger partial charge in [-0.25, -0.2) is 9.18 Å². The summed E-state index contributed by atoms with van der Waals surface area (Å²) in [6.45, 7) is 2.05. The number of anilines is 1. The van der Waals surface area contributed by atoms with E-state index in [0.29, 0.717) is 5.75 Å². The molecule has 0 heterocycles. The van der Waals surface area contributed by atoms with Crippen molar-refractivity contribution in [3.63, 3.8) is 0 Å². The molecule has 0 saturated heterocycles. The van der Waals surface area contributed by atoms with Crippen molar-refractivity contribution in [3.8, 4) is 5.75 Å². The molecule has 0 aliphatic heterocycles. The van der Waals surface area contributed by atoms with Gasteiger partial charge >= 0.3 is 5.97 Å². The highest BCUT2D eigenvalue weighted by Gasteiger charge is 2.13. The summed E-state index contributed by atoms with van der Waals surface area (Å²) >= 11 is 0. The maximum Gasteiger partial charge on any atom is 0.340 e. The average Bonchev–Trinajstić information content (AvgIpc) is 2.56. The standard InChI is InChI=1S/C18H19FN2O4/c1-12-3-2-4-14(9-12)24-8-7-21-17(22)11-25-18(23)15-6-5-13(19)10-16(15)20/h2-6,9-10H,7-8,11,20H2,1H3,(H,21,22). The van der Waals surface area contributed by atoms with Crippen molar-refractivity contribution in [2.75, 3.05) is 25.5 Å². The molecule has 2 aromatic rings. The molecule has 0 atom stereocenters. The van der Waals surface area contributed by atoms with Crippen LogP contribution in [0.1, 0.15) is 15.9 Å². The van der Waals surface area contributed by atoms with Crippen LogP contribution in [0.2, 0.25) is 0 Å². The number of nitrogen functional groups attached to an aromatic ring is 1. The van der Waals surface area contributed by atoms with E-state index in [2.05, 4.69) is 5.32 Å². The van der Waals surface area contributed by atoms with E-state index in [-0.39, 0.29) is 24.4 Å². The first-order chi connectivity index (χ1) is 12.0. The number of carbonyl (C=O) groups is 2. The van der Waals surface area contributed by atoms with Gasteiger partial charge < -0.3 is 20.5 Å². The Kier molecular flexibility index (Phi) is 6.33. The minimum Gasteiger partial charge on any atom is -0.492 e. The first kappa shape index (κ1) is 18.3. The molecule has 0 aliphatic rings. The highest BCUT2D eigenvalue weighted by atomic mass is 19.1. The Balaban J connectivity index is 1.69. The summed E-state index contributed by atoms with van der Waals surface area (Å²) in [5.74, 6) is -1.10. The fourth-order valence-corrected chi connectivity index (χ4v) is 2.04. The van der Waals surface area contributed by atoms with Gasteiger partial charge in [0.2, 0.25) is 0 Å². The number of hydrogen-bond donors (Lipinski definition) is 2. The maximum atomic E-state index is 12.9. The van der Waals surface area contributed by atoms with Gasteiger partial charge in [-0.3, -0.25) is 4.79 Å². The maximum absolute atomic E-state index is 12.9. The molecule has 0 saturated carbocycles. The molecular formula is C18H19FN2O4. The molecule has 0 fully saturated rings. The fraction of sp³-hybridized carbons (Fsp3) is 0.222. The van der Waals surface area contributed by atoms with E-state index in [9.17, 15) is 14.0 Å². The number of esters is 1. The molecule has 0 spiro atoms. The van der Waals surface area contributed by atoms with Gasteiger partial charge in [0.25, 0.3) is 5.91 Å². The molecule has 2 aromatic carbocycles. The van der Waals surface area contributed by atoms with Crippen molar-refractivity contribution in [1.29, 1.82) is 0 Å². The Labute approximate surface area is 144 Å². The lowest BCUT2D eigenvalue weighted by atomic mass is 10.2. The summed E-state index contributed by atoms with van der Waals surface area (Å²) in [5.41, 5.74) is 6.58. The van der Waals surface area contributed by atoms with Crippen molar-refractivity contribution in [2.45, 2.75) is 6.92 Å². The SMILES string of the molecule is Cc1cccc(OCCNC(=O)COC(=O)c2ccc(F)cc2N)c1. The topological polar surface area (TPSA) is 90.6 Å². The molecule has 132 valence electrons. The number of rotatable bonds is 7. The molecule has 6 nitrogen and oxygen atoms in total. The molecule has 0 aliphatic carbocycles. The van der Waals surface area contributed by atoms with E-state index >= 15 is 0 Å². The molecular weight excluding hydrogens is 327 g/mol. The number of aryl methyl sites for hydroxylation is 1. The van der Waals surface area contributed by atoms with Crippen LogP contribution in [0.25, 0.3) is 0 Å². The van der Waals surface area contributed by atoms with Gasteiger partial charge in [0.05, 0.1) is 12.1 Å². The predicted molar refractivity (Wildman–Crippen MR) is 90.8 cm³/mol. The zero-order valence-corrected chi connectivity index (χ0v) is 13.8. The Morgan fingerprint density at radius 3 is 2.72 bits per heavy atom. The summed E-state index contributed by atoms with van der Waals surface area (Å²) in [6, 6.07) is 10.9. The molecule has 2 rings (SSSR count). The van der Waals surface area contributed by atoms with Crippen molar-refractivity contribution in [1.82, 2.24) is 5.32 Å². The van der Waals surface area contributed by atoms with Crippen molar-refractivity contribution < 1.29 is 23.5 Å². The van der Waals surface area contributed by atoms with Gasteiger partial charge in [-0.15, -0.1) is 0 Å². The van der Waals surface area contributed by atoms with Crippen LogP contribution in [-0.2, 0) is 9.53 Å². The van der Waals surface area contributed by atoms with Gasteiger partial charge in [-0.1, -0.05) is 12.1 Å². The molecule has 1 amide bonds. The highest BCUT2D eigenvalue weighted by Crippen LogP contribution is 2.14. The lowest BCUT2D eigenvalue weighted by Gasteiger charge is -2.09. The number of ether oxygens (including phenoxy) is 2. The Bertz CT molecular complexity index is 764. The third kappa shape index (κ3) is 5.80. The second-order valence-electron chi connectivity index (χ2n) is 5.32. The summed E-state index contributed by atoms with van der Waals surface area (Å²) in [4.78, 5) is 23.4. The van der Waals surface area contributed by atoms with Crippen LogP contribution < -0.4 is 15.8 Å². The normalized spacial score (nSPS) is 10.2. The number of nitrogens with two attached hydrogens (primary N) is 1. The Morgan fingerprint density at radius 1 is 1.20 bits per heavy atom. The molecule has 0 bridgehead atoms. The second kappa shape index (κ2) is 8.68. The number of amides is 1. The minimum absolute atomic E-state index is 0.0111. The minimum atomic E-state index is -0.788.